The fourth-order valence-corrected chi connectivity index (χ4v) is 14.4. The summed E-state index contributed by atoms with van der Waals surface area (Å²) in [7, 11) is 0. The van der Waals surface area contributed by atoms with Gasteiger partial charge < -0.3 is 0 Å². The van der Waals surface area contributed by atoms with Gasteiger partial charge in [-0.3, -0.25) is 0 Å². The van der Waals surface area contributed by atoms with E-state index >= 15 is 0 Å². The van der Waals surface area contributed by atoms with Crippen LogP contribution in [0.25, 0.3) is 9.75 Å². The van der Waals surface area contributed by atoms with E-state index in [0.717, 1.165) is 0 Å². The normalized spacial score (nSPS) is 13.0. The van der Waals surface area contributed by atoms with Crippen molar-refractivity contribution < 1.29 is 0 Å². The zero-order valence-electron chi connectivity index (χ0n) is 12.1. The summed E-state index contributed by atoms with van der Waals surface area (Å²) >= 11 is 0.367. The quantitative estimate of drug-likeness (QED) is 0.552. The molecule has 2 aromatic rings. The van der Waals surface area contributed by atoms with Gasteiger partial charge in [0.2, 0.25) is 0 Å². The van der Waals surface area contributed by atoms with E-state index in [-0.39, 0.29) is 0 Å². The van der Waals surface area contributed by atoms with Crippen molar-refractivity contribution >= 4 is 65.2 Å². The SMILES string of the molecule is [CH3][Sn]([CH3])([CH3])[c]1ccc(-c2cc[c]([Sn]([CH3])([CH3])[CH3])s2)s1. The molecule has 18 heavy (non-hydrogen) atoms. The molecular weight excluding hydrogens is 470 g/mol. The Balaban J connectivity index is 2.33. The first-order valence-corrected chi connectivity index (χ1v) is 28.0. The Morgan fingerprint density at radius 3 is 1.17 bits per heavy atom. The van der Waals surface area contributed by atoms with E-state index in [1.165, 1.54) is 9.75 Å². The van der Waals surface area contributed by atoms with Gasteiger partial charge in [-0.1, -0.05) is 0 Å². The minimum atomic E-state index is -1.86. The second kappa shape index (κ2) is 5.41. The molecule has 2 heterocycles. The Labute approximate surface area is 127 Å². The van der Waals surface area contributed by atoms with E-state index in [1.807, 2.05) is 22.7 Å². The second-order valence-electron chi connectivity index (χ2n) is 6.83. The zero-order valence-corrected chi connectivity index (χ0v) is 19.5. The maximum absolute atomic E-state index is 2.50. The van der Waals surface area contributed by atoms with Crippen LogP contribution in [0.15, 0.2) is 24.3 Å². The van der Waals surface area contributed by atoms with Crippen LogP contribution in [0.2, 0.25) is 29.6 Å². The van der Waals surface area contributed by atoms with Crippen molar-refractivity contribution in [3.05, 3.63) is 24.3 Å². The zero-order chi connectivity index (χ0) is 13.6. The van der Waals surface area contributed by atoms with Crippen LogP contribution in [0.1, 0.15) is 0 Å². The molecule has 0 unspecified atom stereocenters. The van der Waals surface area contributed by atoms with Crippen LogP contribution in [0.5, 0.6) is 0 Å². The molecular formula is C14H22S2Sn2. The molecule has 0 amide bonds. The van der Waals surface area contributed by atoms with E-state index in [2.05, 4.69) is 53.9 Å². The summed E-state index contributed by atoms with van der Waals surface area (Å²) in [5.74, 6) is 0. The van der Waals surface area contributed by atoms with Crippen molar-refractivity contribution in [3.8, 4) is 9.75 Å². The number of thiophene rings is 2. The Hall–Kier alpha value is 0.997. The fourth-order valence-electron chi connectivity index (χ4n) is 1.75. The predicted molar refractivity (Wildman–Crippen MR) is 93.6 cm³/mol. The van der Waals surface area contributed by atoms with E-state index in [9.17, 15) is 0 Å². The molecule has 0 radical (unpaired) electrons. The summed E-state index contributed by atoms with van der Waals surface area (Å²) < 4.78 is 3.38. The second-order valence-corrected chi connectivity index (χ2v) is 39.8. The molecule has 98 valence electrons. The average molecular weight is 492 g/mol. The molecule has 0 atom stereocenters. The van der Waals surface area contributed by atoms with Gasteiger partial charge in [-0.25, -0.2) is 0 Å². The van der Waals surface area contributed by atoms with Gasteiger partial charge in [-0.05, 0) is 0 Å². The van der Waals surface area contributed by atoms with Crippen LogP contribution in [0.3, 0.4) is 0 Å². The average Bonchev–Trinajstić information content (AvgIpc) is 2.84. The first-order chi connectivity index (χ1) is 8.18. The van der Waals surface area contributed by atoms with Gasteiger partial charge in [0.15, 0.2) is 0 Å². The molecule has 0 saturated heterocycles. The molecule has 2 aromatic heterocycles. The molecule has 0 spiro atoms. The summed E-state index contributed by atoms with van der Waals surface area (Å²) in [6.07, 6.45) is 0. The van der Waals surface area contributed by atoms with Crippen LogP contribution in [-0.2, 0) is 0 Å². The van der Waals surface area contributed by atoms with Crippen molar-refractivity contribution in [2.45, 2.75) is 29.6 Å². The van der Waals surface area contributed by atoms with Crippen LogP contribution in [0.4, 0.5) is 0 Å². The minimum absolute atomic E-state index is 1.49. The molecule has 0 bridgehead atoms. The van der Waals surface area contributed by atoms with Crippen molar-refractivity contribution in [3.63, 3.8) is 0 Å². The van der Waals surface area contributed by atoms with Crippen LogP contribution in [0, 0.1) is 0 Å². The summed E-state index contributed by atoms with van der Waals surface area (Å²) in [5, 5.41) is 0. The standard InChI is InChI=1S/C8H4S2.6CH3.2Sn/c1-3-7(9-5-1)8-4-2-6-10-8;;;;;;;;/h1-4H;6*1H3;;. The predicted octanol–water partition coefficient (Wildman–Crippen LogP) is 4.57. The number of rotatable bonds is 3. The topological polar surface area (TPSA) is 0 Å². The summed E-state index contributed by atoms with van der Waals surface area (Å²) in [6.45, 7) is 0. The third-order valence-corrected chi connectivity index (χ3v) is 24.3. The molecule has 0 aliphatic rings. The van der Waals surface area contributed by atoms with Gasteiger partial charge in [0.05, 0.1) is 0 Å². The summed E-state index contributed by atoms with van der Waals surface area (Å²) in [6, 6.07) is 9.46. The first-order valence-electron chi connectivity index (χ1n) is 6.39. The fraction of sp³-hybridized carbons (Fsp3) is 0.429. The van der Waals surface area contributed by atoms with Crippen molar-refractivity contribution in [2.24, 2.45) is 0 Å². The molecule has 4 heteroatoms. The molecule has 0 aliphatic carbocycles. The van der Waals surface area contributed by atoms with Gasteiger partial charge in [0.1, 0.15) is 0 Å². The molecule has 0 fully saturated rings. The van der Waals surface area contributed by atoms with Gasteiger partial charge in [-0.15, -0.1) is 0 Å². The third kappa shape index (κ3) is 3.55. The first kappa shape index (κ1) is 15.4. The Morgan fingerprint density at radius 1 is 0.611 bits per heavy atom. The van der Waals surface area contributed by atoms with E-state index in [4.69, 9.17) is 0 Å². The van der Waals surface area contributed by atoms with Crippen LogP contribution >= 0.6 is 22.7 Å². The van der Waals surface area contributed by atoms with Crippen LogP contribution < -0.4 is 5.79 Å². The monoisotopic (exact) mass is 494 g/mol. The Morgan fingerprint density at radius 2 is 0.944 bits per heavy atom. The van der Waals surface area contributed by atoms with E-state index < -0.39 is 36.8 Å². The van der Waals surface area contributed by atoms with Crippen molar-refractivity contribution in [1.29, 1.82) is 0 Å². The summed E-state index contributed by atoms with van der Waals surface area (Å²) in [4.78, 5) is 18.0. The van der Waals surface area contributed by atoms with Crippen LogP contribution in [-0.4, -0.2) is 36.8 Å². The van der Waals surface area contributed by atoms with Crippen molar-refractivity contribution in [2.75, 3.05) is 0 Å². The van der Waals surface area contributed by atoms with E-state index in [0.29, 0.717) is 0 Å². The van der Waals surface area contributed by atoms with Gasteiger partial charge in [0, 0.05) is 0 Å². The maximum atomic E-state index is 2.50. The molecule has 0 N–H and O–H groups in total. The Bertz CT molecular complexity index is 488. The number of hydrogen-bond acceptors (Lipinski definition) is 2. The van der Waals surface area contributed by atoms with Gasteiger partial charge in [-0.2, -0.15) is 0 Å². The van der Waals surface area contributed by atoms with Gasteiger partial charge in [0.25, 0.3) is 0 Å². The van der Waals surface area contributed by atoms with Crippen molar-refractivity contribution in [1.82, 2.24) is 0 Å². The molecule has 0 aromatic carbocycles. The third-order valence-electron chi connectivity index (χ3n) is 2.93. The molecule has 0 aliphatic heterocycles. The van der Waals surface area contributed by atoms with Gasteiger partial charge >= 0.3 is 129 Å². The molecule has 2 rings (SSSR count). The molecule has 0 nitrogen and oxygen atoms in total. The Kier molecular flexibility index (Phi) is 4.63. The van der Waals surface area contributed by atoms with E-state index in [1.54, 1.807) is 5.79 Å². The molecule has 0 saturated carbocycles. The number of hydrogen-bond donors (Lipinski definition) is 0. The summed E-state index contributed by atoms with van der Waals surface area (Å²) in [5.41, 5.74) is 0.